The number of nitrogens with one attached hydrogen (secondary N) is 1. The van der Waals surface area contributed by atoms with Crippen LogP contribution in [0, 0.1) is 10.1 Å². The summed E-state index contributed by atoms with van der Waals surface area (Å²) in [6, 6.07) is 4.71. The number of hydrogen-bond donors (Lipinski definition) is 1. The lowest BCUT2D eigenvalue weighted by molar-refractivity contribution is -0.384. The highest BCUT2D eigenvalue weighted by Crippen LogP contribution is 2.27. The Morgan fingerprint density at radius 1 is 1.16 bits per heavy atom. The number of nitro benzene ring substituents is 1. The number of anilines is 1. The van der Waals surface area contributed by atoms with Gasteiger partial charge in [0.2, 0.25) is 0 Å². The highest BCUT2D eigenvalue weighted by atomic mass is 16.6. The third kappa shape index (κ3) is 4.48. The van der Waals surface area contributed by atoms with Crippen molar-refractivity contribution in [1.29, 1.82) is 0 Å². The fourth-order valence-corrected chi connectivity index (χ4v) is 3.59. The van der Waals surface area contributed by atoms with Crippen LogP contribution in [0.1, 0.15) is 48.9 Å². The zero-order valence-electron chi connectivity index (χ0n) is 14.4. The molecule has 1 aromatic carbocycles. The summed E-state index contributed by atoms with van der Waals surface area (Å²) >= 11 is 0. The Labute approximate surface area is 147 Å². The Morgan fingerprint density at radius 3 is 2.48 bits per heavy atom. The van der Waals surface area contributed by atoms with Gasteiger partial charge in [-0.15, -0.1) is 0 Å². The number of carbonyl (C=O) groups excluding carboxylic acids is 1. The fourth-order valence-electron chi connectivity index (χ4n) is 3.59. The maximum absolute atomic E-state index is 12.9. The van der Waals surface area contributed by atoms with Gasteiger partial charge in [-0.2, -0.15) is 0 Å². The van der Waals surface area contributed by atoms with E-state index in [4.69, 9.17) is 4.74 Å². The monoisotopic (exact) mass is 347 g/mol. The Hall–Kier alpha value is -2.15. The molecule has 1 saturated heterocycles. The van der Waals surface area contributed by atoms with Crippen molar-refractivity contribution in [1.82, 2.24) is 5.32 Å². The van der Waals surface area contributed by atoms with Crippen molar-refractivity contribution in [3.63, 3.8) is 0 Å². The molecule has 3 rings (SSSR count). The standard InChI is InChI=1S/C18H25N3O4/c22-18(19-14-5-3-1-2-4-6-14)16-13-15(21(23)24)7-8-17(16)20-9-11-25-12-10-20/h7-8,13-14H,1-6,9-12H2,(H,19,22). The third-order valence-electron chi connectivity index (χ3n) is 4.98. The zero-order chi connectivity index (χ0) is 17.6. The number of non-ortho nitro benzene ring substituents is 1. The second-order valence-electron chi connectivity index (χ2n) is 6.72. The number of nitro groups is 1. The predicted molar refractivity (Wildman–Crippen MR) is 95.1 cm³/mol. The third-order valence-corrected chi connectivity index (χ3v) is 4.98. The van der Waals surface area contributed by atoms with Gasteiger partial charge < -0.3 is 15.0 Å². The Morgan fingerprint density at radius 2 is 1.84 bits per heavy atom. The second kappa shape index (κ2) is 8.29. The lowest BCUT2D eigenvalue weighted by atomic mass is 10.1. The molecule has 0 aromatic heterocycles. The molecule has 1 saturated carbocycles. The van der Waals surface area contributed by atoms with E-state index in [1.807, 2.05) is 0 Å². The van der Waals surface area contributed by atoms with Crippen molar-refractivity contribution in [3.8, 4) is 0 Å². The van der Waals surface area contributed by atoms with Gasteiger partial charge in [0, 0.05) is 31.3 Å². The first kappa shape index (κ1) is 17.7. The van der Waals surface area contributed by atoms with Crippen LogP contribution in [-0.2, 0) is 4.74 Å². The molecule has 7 nitrogen and oxygen atoms in total. The van der Waals surface area contributed by atoms with E-state index >= 15 is 0 Å². The summed E-state index contributed by atoms with van der Waals surface area (Å²) in [4.78, 5) is 25.6. The molecule has 136 valence electrons. The quantitative estimate of drug-likeness (QED) is 0.514. The minimum atomic E-state index is -0.453. The van der Waals surface area contributed by atoms with Crippen LogP contribution in [0.5, 0.6) is 0 Å². The van der Waals surface area contributed by atoms with E-state index in [0.29, 0.717) is 31.9 Å². The summed E-state index contributed by atoms with van der Waals surface area (Å²) in [5, 5.41) is 14.2. The SMILES string of the molecule is O=C(NC1CCCCCC1)c1cc([N+](=O)[O-])ccc1N1CCOCC1. The Balaban J connectivity index is 1.83. The predicted octanol–water partition coefficient (Wildman–Crippen LogP) is 2.88. The van der Waals surface area contributed by atoms with Gasteiger partial charge >= 0.3 is 0 Å². The van der Waals surface area contributed by atoms with Crippen molar-refractivity contribution in [3.05, 3.63) is 33.9 Å². The van der Waals surface area contributed by atoms with Gasteiger partial charge in [-0.1, -0.05) is 25.7 Å². The van der Waals surface area contributed by atoms with Gasteiger partial charge in [0.05, 0.1) is 29.4 Å². The summed E-state index contributed by atoms with van der Waals surface area (Å²) in [5.41, 5.74) is 1.09. The van der Waals surface area contributed by atoms with Crippen molar-refractivity contribution < 1.29 is 14.5 Å². The first-order valence-corrected chi connectivity index (χ1v) is 9.07. The number of hydrogen-bond acceptors (Lipinski definition) is 5. The molecule has 0 unspecified atom stereocenters. The molecular formula is C18H25N3O4. The number of carbonyl (C=O) groups is 1. The smallest absolute Gasteiger partial charge is 0.270 e. The van der Waals surface area contributed by atoms with E-state index in [0.717, 1.165) is 31.4 Å². The Kier molecular flexibility index (Phi) is 5.86. The van der Waals surface area contributed by atoms with Crippen molar-refractivity contribution in [2.75, 3.05) is 31.2 Å². The number of rotatable bonds is 4. The Bertz CT molecular complexity index is 621. The highest BCUT2D eigenvalue weighted by molar-refractivity contribution is 6.00. The minimum absolute atomic E-state index is 0.0528. The molecule has 1 amide bonds. The van der Waals surface area contributed by atoms with E-state index in [2.05, 4.69) is 10.2 Å². The van der Waals surface area contributed by atoms with Gasteiger partial charge in [-0.25, -0.2) is 0 Å². The topological polar surface area (TPSA) is 84.7 Å². The molecule has 0 radical (unpaired) electrons. The highest BCUT2D eigenvalue weighted by Gasteiger charge is 2.24. The lowest BCUT2D eigenvalue weighted by Crippen LogP contribution is -2.39. The number of amides is 1. The van der Waals surface area contributed by atoms with Gasteiger partial charge in [-0.3, -0.25) is 14.9 Å². The molecule has 1 N–H and O–H groups in total. The van der Waals surface area contributed by atoms with E-state index in [1.54, 1.807) is 6.07 Å². The molecule has 2 aliphatic rings. The molecule has 0 bridgehead atoms. The van der Waals surface area contributed by atoms with Crippen molar-refractivity contribution >= 4 is 17.3 Å². The van der Waals surface area contributed by atoms with Crippen LogP contribution in [0.4, 0.5) is 11.4 Å². The molecule has 1 aliphatic carbocycles. The lowest BCUT2D eigenvalue weighted by Gasteiger charge is -2.30. The number of benzene rings is 1. The van der Waals surface area contributed by atoms with Crippen LogP contribution in [0.3, 0.4) is 0 Å². The molecule has 7 heteroatoms. The van der Waals surface area contributed by atoms with Gasteiger partial charge in [0.15, 0.2) is 0 Å². The van der Waals surface area contributed by atoms with Gasteiger partial charge in [0.1, 0.15) is 0 Å². The van der Waals surface area contributed by atoms with E-state index < -0.39 is 4.92 Å². The number of nitrogens with zero attached hydrogens (tertiary/aromatic N) is 2. The number of ether oxygens (including phenoxy) is 1. The second-order valence-corrected chi connectivity index (χ2v) is 6.72. The molecule has 25 heavy (non-hydrogen) atoms. The van der Waals surface area contributed by atoms with Crippen molar-refractivity contribution in [2.24, 2.45) is 0 Å². The number of morpholine rings is 1. The van der Waals surface area contributed by atoms with Crippen LogP contribution in [0.2, 0.25) is 0 Å². The molecule has 0 atom stereocenters. The van der Waals surface area contributed by atoms with Crippen LogP contribution < -0.4 is 10.2 Å². The summed E-state index contributed by atoms with van der Waals surface area (Å²) in [6.07, 6.45) is 6.62. The molecule has 1 heterocycles. The van der Waals surface area contributed by atoms with Crippen LogP contribution in [0.15, 0.2) is 18.2 Å². The van der Waals surface area contributed by atoms with Crippen LogP contribution in [0.25, 0.3) is 0 Å². The maximum Gasteiger partial charge on any atom is 0.270 e. The zero-order valence-corrected chi connectivity index (χ0v) is 14.4. The maximum atomic E-state index is 12.9. The van der Waals surface area contributed by atoms with E-state index in [-0.39, 0.29) is 17.6 Å². The van der Waals surface area contributed by atoms with Crippen LogP contribution in [-0.4, -0.2) is 43.2 Å². The van der Waals surface area contributed by atoms with E-state index in [9.17, 15) is 14.9 Å². The van der Waals surface area contributed by atoms with Crippen LogP contribution >= 0.6 is 0 Å². The van der Waals surface area contributed by atoms with Gasteiger partial charge in [-0.05, 0) is 18.9 Å². The average Bonchev–Trinajstić information content (AvgIpc) is 2.90. The van der Waals surface area contributed by atoms with E-state index in [1.165, 1.54) is 25.0 Å². The normalized spacial score (nSPS) is 19.3. The summed E-state index contributed by atoms with van der Waals surface area (Å²) in [6.45, 7) is 2.56. The average molecular weight is 347 g/mol. The molecular weight excluding hydrogens is 322 g/mol. The first-order chi connectivity index (χ1) is 12.1. The van der Waals surface area contributed by atoms with Crippen molar-refractivity contribution in [2.45, 2.75) is 44.6 Å². The summed E-state index contributed by atoms with van der Waals surface area (Å²) < 4.78 is 5.37. The molecule has 0 spiro atoms. The summed E-state index contributed by atoms with van der Waals surface area (Å²) in [5.74, 6) is -0.211. The van der Waals surface area contributed by atoms with Gasteiger partial charge in [0.25, 0.3) is 11.6 Å². The summed E-state index contributed by atoms with van der Waals surface area (Å²) in [7, 11) is 0. The molecule has 2 fully saturated rings. The molecule has 1 aliphatic heterocycles. The first-order valence-electron chi connectivity index (χ1n) is 9.07. The largest absolute Gasteiger partial charge is 0.378 e. The minimum Gasteiger partial charge on any atom is -0.378 e. The molecule has 1 aromatic rings. The fraction of sp³-hybridized carbons (Fsp3) is 0.611.